The summed E-state index contributed by atoms with van der Waals surface area (Å²) in [5.74, 6) is -0.0652. The third-order valence-corrected chi connectivity index (χ3v) is 2.46. The molecule has 0 bridgehead atoms. The predicted molar refractivity (Wildman–Crippen MR) is 56.8 cm³/mol. The average Bonchev–Trinajstić information content (AvgIpc) is 2.17. The summed E-state index contributed by atoms with van der Waals surface area (Å²) in [5, 5.41) is 8.68. The molecule has 0 aromatic rings. The molecule has 3 N–H and O–H groups in total. The minimum absolute atomic E-state index is 0.0796. The van der Waals surface area contributed by atoms with E-state index in [1.165, 1.54) is 0 Å². The summed E-state index contributed by atoms with van der Waals surface area (Å²) >= 11 is 0. The molecule has 0 spiro atoms. The first-order chi connectivity index (χ1) is 6.54. The van der Waals surface area contributed by atoms with Gasteiger partial charge in [-0.3, -0.25) is 4.79 Å². The molecule has 0 saturated carbocycles. The van der Waals surface area contributed by atoms with Gasteiger partial charge in [0.25, 0.3) is 0 Å². The van der Waals surface area contributed by atoms with E-state index in [-0.39, 0.29) is 24.5 Å². The van der Waals surface area contributed by atoms with Gasteiger partial charge in [-0.2, -0.15) is 0 Å². The van der Waals surface area contributed by atoms with Gasteiger partial charge in [0.15, 0.2) is 0 Å². The fraction of sp³-hybridized carbons (Fsp3) is 0.900. The SMILES string of the molecule is CCN(CCCO)C(=O)C(C)C(C)N. The molecule has 0 fully saturated rings. The van der Waals surface area contributed by atoms with Crippen LogP contribution in [0.3, 0.4) is 0 Å². The Kier molecular flexibility index (Phi) is 6.49. The zero-order valence-electron chi connectivity index (χ0n) is 9.36. The highest BCUT2D eigenvalue weighted by atomic mass is 16.3. The lowest BCUT2D eigenvalue weighted by Gasteiger charge is -2.25. The summed E-state index contributed by atoms with van der Waals surface area (Å²) in [6.45, 7) is 7.02. The number of nitrogens with zero attached hydrogens (tertiary/aromatic N) is 1. The number of aliphatic hydroxyl groups is 1. The van der Waals surface area contributed by atoms with Crippen LogP contribution < -0.4 is 5.73 Å². The lowest BCUT2D eigenvalue weighted by molar-refractivity contribution is -0.135. The van der Waals surface area contributed by atoms with Gasteiger partial charge in [0.05, 0.1) is 5.92 Å². The number of carbonyl (C=O) groups excluding carboxylic acids is 1. The maximum atomic E-state index is 11.8. The van der Waals surface area contributed by atoms with Crippen molar-refractivity contribution >= 4 is 5.91 Å². The predicted octanol–water partition coefficient (Wildman–Crippen LogP) is 0.201. The smallest absolute Gasteiger partial charge is 0.226 e. The number of nitrogens with two attached hydrogens (primary N) is 1. The largest absolute Gasteiger partial charge is 0.396 e. The van der Waals surface area contributed by atoms with Crippen LogP contribution in [0.4, 0.5) is 0 Å². The molecule has 2 unspecified atom stereocenters. The minimum Gasteiger partial charge on any atom is -0.396 e. The van der Waals surface area contributed by atoms with Gasteiger partial charge in [-0.05, 0) is 20.3 Å². The Hall–Kier alpha value is -0.610. The molecule has 84 valence electrons. The van der Waals surface area contributed by atoms with Crippen LogP contribution in [0.5, 0.6) is 0 Å². The zero-order valence-corrected chi connectivity index (χ0v) is 9.36. The number of carbonyl (C=O) groups is 1. The summed E-state index contributed by atoms with van der Waals surface area (Å²) in [4.78, 5) is 13.5. The van der Waals surface area contributed by atoms with Crippen molar-refractivity contribution in [2.45, 2.75) is 33.2 Å². The van der Waals surface area contributed by atoms with Crippen LogP contribution in [-0.4, -0.2) is 41.7 Å². The monoisotopic (exact) mass is 202 g/mol. The van der Waals surface area contributed by atoms with E-state index in [0.717, 1.165) is 0 Å². The van der Waals surface area contributed by atoms with Crippen molar-refractivity contribution in [3.05, 3.63) is 0 Å². The molecular formula is C10H22N2O2. The van der Waals surface area contributed by atoms with Crippen molar-refractivity contribution in [2.24, 2.45) is 11.7 Å². The third kappa shape index (κ3) is 4.07. The first-order valence-electron chi connectivity index (χ1n) is 5.19. The molecule has 4 heteroatoms. The first-order valence-corrected chi connectivity index (χ1v) is 5.19. The Morgan fingerprint density at radius 3 is 2.43 bits per heavy atom. The minimum atomic E-state index is -0.145. The van der Waals surface area contributed by atoms with Crippen LogP contribution in [0.2, 0.25) is 0 Å². The van der Waals surface area contributed by atoms with E-state index in [2.05, 4.69) is 0 Å². The molecule has 0 heterocycles. The van der Waals surface area contributed by atoms with Gasteiger partial charge in [0, 0.05) is 25.7 Å². The molecule has 0 rings (SSSR count). The molecule has 1 amide bonds. The van der Waals surface area contributed by atoms with Crippen molar-refractivity contribution in [1.29, 1.82) is 0 Å². The molecule has 0 saturated heterocycles. The number of aliphatic hydroxyl groups excluding tert-OH is 1. The van der Waals surface area contributed by atoms with Crippen molar-refractivity contribution in [1.82, 2.24) is 4.90 Å². The summed E-state index contributed by atoms with van der Waals surface area (Å²) in [7, 11) is 0. The number of rotatable bonds is 6. The molecular weight excluding hydrogens is 180 g/mol. The molecule has 0 aliphatic carbocycles. The van der Waals surface area contributed by atoms with Crippen molar-refractivity contribution in [3.63, 3.8) is 0 Å². The highest BCUT2D eigenvalue weighted by Gasteiger charge is 2.21. The van der Waals surface area contributed by atoms with Crippen molar-refractivity contribution in [2.75, 3.05) is 19.7 Å². The molecule has 14 heavy (non-hydrogen) atoms. The van der Waals surface area contributed by atoms with E-state index >= 15 is 0 Å². The first kappa shape index (κ1) is 13.4. The van der Waals surface area contributed by atoms with Crippen molar-refractivity contribution < 1.29 is 9.90 Å². The Morgan fingerprint density at radius 1 is 1.50 bits per heavy atom. The Morgan fingerprint density at radius 2 is 2.07 bits per heavy atom. The van der Waals surface area contributed by atoms with Crippen LogP contribution in [0.25, 0.3) is 0 Å². The number of hydrogen-bond acceptors (Lipinski definition) is 3. The van der Waals surface area contributed by atoms with Crippen molar-refractivity contribution in [3.8, 4) is 0 Å². The maximum absolute atomic E-state index is 11.8. The van der Waals surface area contributed by atoms with Gasteiger partial charge in [-0.1, -0.05) is 6.92 Å². The second-order valence-electron chi connectivity index (χ2n) is 3.64. The standard InChI is InChI=1S/C10H22N2O2/c1-4-12(6-5-7-13)10(14)8(2)9(3)11/h8-9,13H,4-7,11H2,1-3H3. The second-order valence-corrected chi connectivity index (χ2v) is 3.64. The Bertz CT molecular complexity index is 172. The van der Waals surface area contributed by atoms with Gasteiger partial charge in [-0.15, -0.1) is 0 Å². The molecule has 2 atom stereocenters. The summed E-state index contributed by atoms with van der Waals surface area (Å²) in [6, 6.07) is -0.120. The van der Waals surface area contributed by atoms with Crippen LogP contribution in [-0.2, 0) is 4.79 Å². The van der Waals surface area contributed by atoms with Crippen LogP contribution in [0.1, 0.15) is 27.2 Å². The Balaban J connectivity index is 4.16. The van der Waals surface area contributed by atoms with E-state index in [1.54, 1.807) is 4.90 Å². The highest BCUT2D eigenvalue weighted by Crippen LogP contribution is 2.06. The van der Waals surface area contributed by atoms with Gasteiger partial charge in [0.1, 0.15) is 0 Å². The van der Waals surface area contributed by atoms with Gasteiger partial charge < -0.3 is 15.7 Å². The van der Waals surface area contributed by atoms with Crippen LogP contribution >= 0.6 is 0 Å². The topological polar surface area (TPSA) is 66.6 Å². The van der Waals surface area contributed by atoms with E-state index in [9.17, 15) is 4.79 Å². The third-order valence-electron chi connectivity index (χ3n) is 2.46. The summed E-state index contributed by atoms with van der Waals surface area (Å²) < 4.78 is 0. The molecule has 0 aliphatic heterocycles. The highest BCUT2D eigenvalue weighted by molar-refractivity contribution is 5.79. The number of hydrogen-bond donors (Lipinski definition) is 2. The van der Waals surface area contributed by atoms with E-state index in [1.807, 2.05) is 20.8 Å². The second kappa shape index (κ2) is 6.79. The molecule has 0 aromatic carbocycles. The normalized spacial score (nSPS) is 14.9. The number of amides is 1. The molecule has 0 aliphatic rings. The molecule has 0 aromatic heterocycles. The lowest BCUT2D eigenvalue weighted by Crippen LogP contribution is -2.42. The van der Waals surface area contributed by atoms with Crippen LogP contribution in [0.15, 0.2) is 0 Å². The summed E-state index contributed by atoms with van der Waals surface area (Å²) in [6.07, 6.45) is 0.630. The maximum Gasteiger partial charge on any atom is 0.226 e. The fourth-order valence-corrected chi connectivity index (χ4v) is 1.20. The van der Waals surface area contributed by atoms with Gasteiger partial charge in [-0.25, -0.2) is 0 Å². The van der Waals surface area contributed by atoms with Gasteiger partial charge in [0.2, 0.25) is 5.91 Å². The van der Waals surface area contributed by atoms with E-state index in [0.29, 0.717) is 19.5 Å². The zero-order chi connectivity index (χ0) is 11.1. The van der Waals surface area contributed by atoms with E-state index in [4.69, 9.17) is 10.8 Å². The Labute approximate surface area is 86.1 Å². The molecule has 4 nitrogen and oxygen atoms in total. The molecule has 0 radical (unpaired) electrons. The summed E-state index contributed by atoms with van der Waals surface area (Å²) in [5.41, 5.74) is 5.66. The van der Waals surface area contributed by atoms with Gasteiger partial charge >= 0.3 is 0 Å². The quantitative estimate of drug-likeness (QED) is 0.646. The average molecular weight is 202 g/mol. The lowest BCUT2D eigenvalue weighted by atomic mass is 10.0. The van der Waals surface area contributed by atoms with E-state index < -0.39 is 0 Å². The van der Waals surface area contributed by atoms with Crippen LogP contribution in [0, 0.1) is 5.92 Å². The fourth-order valence-electron chi connectivity index (χ4n) is 1.20.